The van der Waals surface area contributed by atoms with Crippen LogP contribution in [-0.4, -0.2) is 5.78 Å². The van der Waals surface area contributed by atoms with E-state index in [4.69, 9.17) is 5.26 Å². The zero-order valence-electron chi connectivity index (χ0n) is 11.5. The van der Waals surface area contributed by atoms with Gasteiger partial charge in [-0.15, -0.1) is 0 Å². The first-order valence-electron chi connectivity index (χ1n) is 6.75. The highest BCUT2D eigenvalue weighted by molar-refractivity contribution is 5.75. The summed E-state index contributed by atoms with van der Waals surface area (Å²) in [6, 6.07) is 19.9. The first-order valence-corrected chi connectivity index (χ1v) is 6.75. The highest BCUT2D eigenvalue weighted by Crippen LogP contribution is 2.29. The molecule has 0 aromatic heterocycles. The molecule has 0 fully saturated rings. The average Bonchev–Trinajstić information content (AvgIpc) is 2.49. The molecule has 0 saturated carbocycles. The molecule has 2 rings (SSSR count). The van der Waals surface area contributed by atoms with Crippen molar-refractivity contribution in [2.45, 2.75) is 25.7 Å². The number of carbonyl (C=O) groups is 1. The summed E-state index contributed by atoms with van der Waals surface area (Å²) in [5, 5.41) is 8.87. The van der Waals surface area contributed by atoms with E-state index < -0.39 is 0 Å². The van der Waals surface area contributed by atoms with Crippen LogP contribution in [0.2, 0.25) is 0 Å². The molecule has 0 bridgehead atoms. The summed E-state index contributed by atoms with van der Waals surface area (Å²) in [4.78, 5) is 11.3. The lowest BCUT2D eigenvalue weighted by molar-refractivity contribution is -0.117. The Labute approximate surface area is 119 Å². The standard InChI is InChI=1S/C18H17NO/c1-14(20)7-12-18(16-5-3-2-4-6-16)17-10-8-15(13-19)9-11-17/h2-6,8-11,18H,7,12H2,1H3. The average molecular weight is 263 g/mol. The molecule has 0 amide bonds. The molecule has 0 spiro atoms. The van der Waals surface area contributed by atoms with Crippen LogP contribution < -0.4 is 0 Å². The minimum atomic E-state index is 0.202. The molecule has 2 aromatic carbocycles. The van der Waals surface area contributed by atoms with Crippen LogP contribution in [0.1, 0.15) is 42.4 Å². The number of ketones is 1. The van der Waals surface area contributed by atoms with Gasteiger partial charge in [0.1, 0.15) is 5.78 Å². The number of Topliss-reactive ketones (excluding diaryl/α,β-unsaturated/α-hetero) is 1. The third-order valence-corrected chi connectivity index (χ3v) is 3.43. The van der Waals surface area contributed by atoms with Crippen LogP contribution in [0.4, 0.5) is 0 Å². The van der Waals surface area contributed by atoms with Crippen molar-refractivity contribution in [3.8, 4) is 6.07 Å². The van der Waals surface area contributed by atoms with Crippen molar-refractivity contribution in [2.24, 2.45) is 0 Å². The molecule has 2 nitrogen and oxygen atoms in total. The molecule has 2 heteroatoms. The summed E-state index contributed by atoms with van der Waals surface area (Å²) >= 11 is 0. The third-order valence-electron chi connectivity index (χ3n) is 3.43. The molecule has 1 unspecified atom stereocenters. The SMILES string of the molecule is CC(=O)CCC(c1ccccc1)c1ccc(C#N)cc1. The smallest absolute Gasteiger partial charge is 0.129 e. The van der Waals surface area contributed by atoms with Gasteiger partial charge in [-0.05, 0) is 36.6 Å². The van der Waals surface area contributed by atoms with E-state index >= 15 is 0 Å². The highest BCUT2D eigenvalue weighted by Gasteiger charge is 2.14. The Bertz CT molecular complexity index is 608. The summed E-state index contributed by atoms with van der Waals surface area (Å²) in [6.07, 6.45) is 1.37. The fourth-order valence-corrected chi connectivity index (χ4v) is 2.35. The third kappa shape index (κ3) is 3.55. The number of nitrogens with zero attached hydrogens (tertiary/aromatic N) is 1. The van der Waals surface area contributed by atoms with Crippen molar-refractivity contribution in [1.29, 1.82) is 5.26 Å². The lowest BCUT2D eigenvalue weighted by Crippen LogP contribution is -2.04. The Hall–Kier alpha value is -2.40. The second kappa shape index (κ2) is 6.68. The molecular formula is C18H17NO. The summed E-state index contributed by atoms with van der Waals surface area (Å²) in [6.45, 7) is 1.63. The Morgan fingerprint density at radius 3 is 2.20 bits per heavy atom. The van der Waals surface area contributed by atoms with E-state index in [2.05, 4.69) is 18.2 Å². The predicted octanol–water partition coefficient (Wildman–Crippen LogP) is 4.06. The second-order valence-electron chi connectivity index (χ2n) is 4.94. The van der Waals surface area contributed by atoms with Crippen LogP contribution in [0, 0.1) is 11.3 Å². The Morgan fingerprint density at radius 2 is 1.65 bits per heavy atom. The minimum Gasteiger partial charge on any atom is -0.300 e. The summed E-state index contributed by atoms with van der Waals surface area (Å²) in [5.41, 5.74) is 3.02. The van der Waals surface area contributed by atoms with Crippen molar-refractivity contribution < 1.29 is 4.79 Å². The first-order chi connectivity index (χ1) is 9.70. The topological polar surface area (TPSA) is 40.9 Å². The van der Waals surface area contributed by atoms with E-state index in [1.54, 1.807) is 6.92 Å². The van der Waals surface area contributed by atoms with Gasteiger partial charge < -0.3 is 4.79 Å². The number of hydrogen-bond donors (Lipinski definition) is 0. The van der Waals surface area contributed by atoms with Crippen molar-refractivity contribution in [3.05, 3.63) is 71.3 Å². The molecule has 1 atom stereocenters. The minimum absolute atomic E-state index is 0.202. The predicted molar refractivity (Wildman–Crippen MR) is 79.4 cm³/mol. The van der Waals surface area contributed by atoms with E-state index in [1.807, 2.05) is 42.5 Å². The molecule has 20 heavy (non-hydrogen) atoms. The quantitative estimate of drug-likeness (QED) is 0.816. The van der Waals surface area contributed by atoms with Gasteiger partial charge in [-0.25, -0.2) is 0 Å². The van der Waals surface area contributed by atoms with Gasteiger partial charge in [0.2, 0.25) is 0 Å². The molecule has 0 heterocycles. The maximum absolute atomic E-state index is 11.3. The van der Waals surface area contributed by atoms with E-state index in [1.165, 1.54) is 5.56 Å². The van der Waals surface area contributed by atoms with Crippen LogP contribution in [0.15, 0.2) is 54.6 Å². The summed E-state index contributed by atoms with van der Waals surface area (Å²) in [5.74, 6) is 0.410. The summed E-state index contributed by atoms with van der Waals surface area (Å²) in [7, 11) is 0. The Kier molecular flexibility index (Phi) is 4.68. The van der Waals surface area contributed by atoms with Crippen LogP contribution in [0.25, 0.3) is 0 Å². The van der Waals surface area contributed by atoms with Crippen molar-refractivity contribution in [1.82, 2.24) is 0 Å². The van der Waals surface area contributed by atoms with Crippen LogP contribution in [0.3, 0.4) is 0 Å². The van der Waals surface area contributed by atoms with Crippen LogP contribution in [0.5, 0.6) is 0 Å². The zero-order chi connectivity index (χ0) is 14.4. The van der Waals surface area contributed by atoms with E-state index in [9.17, 15) is 4.79 Å². The largest absolute Gasteiger partial charge is 0.300 e. The lowest BCUT2D eigenvalue weighted by Gasteiger charge is -2.17. The molecule has 2 aromatic rings. The Morgan fingerprint density at radius 1 is 1.05 bits per heavy atom. The van der Waals surface area contributed by atoms with Crippen molar-refractivity contribution in [3.63, 3.8) is 0 Å². The lowest BCUT2D eigenvalue weighted by atomic mass is 9.86. The fraction of sp³-hybridized carbons (Fsp3) is 0.222. The highest BCUT2D eigenvalue weighted by atomic mass is 16.1. The number of hydrogen-bond acceptors (Lipinski definition) is 2. The number of benzene rings is 2. The van der Waals surface area contributed by atoms with Gasteiger partial charge in [0.15, 0.2) is 0 Å². The number of rotatable bonds is 5. The van der Waals surface area contributed by atoms with Gasteiger partial charge in [0, 0.05) is 12.3 Å². The number of nitriles is 1. The molecule has 0 saturated heterocycles. The van der Waals surface area contributed by atoms with Crippen LogP contribution in [-0.2, 0) is 4.79 Å². The zero-order valence-corrected chi connectivity index (χ0v) is 11.5. The van der Waals surface area contributed by atoms with E-state index in [0.29, 0.717) is 12.0 Å². The van der Waals surface area contributed by atoms with Gasteiger partial charge in [-0.1, -0.05) is 42.5 Å². The van der Waals surface area contributed by atoms with E-state index in [-0.39, 0.29) is 11.7 Å². The number of carbonyl (C=O) groups excluding carboxylic acids is 1. The monoisotopic (exact) mass is 263 g/mol. The molecule has 0 aliphatic rings. The van der Waals surface area contributed by atoms with Crippen LogP contribution >= 0.6 is 0 Å². The molecule has 0 radical (unpaired) electrons. The van der Waals surface area contributed by atoms with Gasteiger partial charge in [0.05, 0.1) is 11.6 Å². The van der Waals surface area contributed by atoms with Gasteiger partial charge in [0.25, 0.3) is 0 Å². The normalized spacial score (nSPS) is 11.6. The summed E-state index contributed by atoms with van der Waals surface area (Å²) < 4.78 is 0. The molecule has 100 valence electrons. The molecular weight excluding hydrogens is 246 g/mol. The fourth-order valence-electron chi connectivity index (χ4n) is 2.35. The Balaban J connectivity index is 2.30. The van der Waals surface area contributed by atoms with Gasteiger partial charge in [-0.3, -0.25) is 0 Å². The van der Waals surface area contributed by atoms with Crippen molar-refractivity contribution >= 4 is 5.78 Å². The van der Waals surface area contributed by atoms with Crippen molar-refractivity contribution in [2.75, 3.05) is 0 Å². The van der Waals surface area contributed by atoms with E-state index in [0.717, 1.165) is 12.0 Å². The van der Waals surface area contributed by atoms with Gasteiger partial charge >= 0.3 is 0 Å². The second-order valence-corrected chi connectivity index (χ2v) is 4.94. The first kappa shape index (κ1) is 14.0. The molecule has 0 N–H and O–H groups in total. The van der Waals surface area contributed by atoms with Gasteiger partial charge in [-0.2, -0.15) is 5.26 Å². The molecule has 0 aliphatic carbocycles. The maximum Gasteiger partial charge on any atom is 0.129 e. The molecule has 0 aliphatic heterocycles. The maximum atomic E-state index is 11.3.